The van der Waals surface area contributed by atoms with Crippen LogP contribution in [-0.2, 0) is 16.6 Å². The number of carbonyl (C=O) groups is 2. The van der Waals surface area contributed by atoms with Crippen molar-refractivity contribution in [3.05, 3.63) is 89.7 Å². The standard InChI is InChI=1S/C20H17N3O4S2/c21-29(26,27)16-7-5-14(6-8-16)13-23-19(24)17-3-1-2-4-18(17)28-20(25)15-9-11-22-12-10-15/h1-12H,13H2,(H,23,24)(H2,21,26,27). The number of benzene rings is 2. The summed E-state index contributed by atoms with van der Waals surface area (Å²) in [6.45, 7) is 0.195. The molecule has 3 N–H and O–H groups in total. The van der Waals surface area contributed by atoms with Crippen LogP contribution in [0.4, 0.5) is 0 Å². The first kappa shape index (κ1) is 20.7. The van der Waals surface area contributed by atoms with Crippen LogP contribution in [0.3, 0.4) is 0 Å². The summed E-state index contributed by atoms with van der Waals surface area (Å²) in [6.07, 6.45) is 3.07. The van der Waals surface area contributed by atoms with Crippen LogP contribution in [0.1, 0.15) is 26.3 Å². The van der Waals surface area contributed by atoms with E-state index in [1.165, 1.54) is 24.5 Å². The fraction of sp³-hybridized carbons (Fsp3) is 0.0500. The number of sulfonamides is 1. The summed E-state index contributed by atoms with van der Waals surface area (Å²) in [7, 11) is -3.76. The summed E-state index contributed by atoms with van der Waals surface area (Å²) in [5.74, 6) is -0.342. The lowest BCUT2D eigenvalue weighted by Gasteiger charge is -2.10. The van der Waals surface area contributed by atoms with Gasteiger partial charge < -0.3 is 5.32 Å². The van der Waals surface area contributed by atoms with Gasteiger partial charge in [-0.2, -0.15) is 0 Å². The van der Waals surface area contributed by atoms with Gasteiger partial charge in [-0.25, -0.2) is 13.6 Å². The molecular formula is C20H17N3O4S2. The Kier molecular flexibility index (Phi) is 6.42. The molecule has 1 aromatic heterocycles. The highest BCUT2D eigenvalue weighted by atomic mass is 32.2. The zero-order valence-corrected chi connectivity index (χ0v) is 16.7. The number of amides is 1. The van der Waals surface area contributed by atoms with E-state index < -0.39 is 10.0 Å². The average molecular weight is 428 g/mol. The quantitative estimate of drug-likeness (QED) is 0.584. The highest BCUT2D eigenvalue weighted by Gasteiger charge is 2.15. The Bertz CT molecular complexity index is 1130. The molecule has 9 heteroatoms. The number of aromatic nitrogens is 1. The van der Waals surface area contributed by atoms with E-state index in [9.17, 15) is 18.0 Å². The minimum absolute atomic E-state index is 0.00365. The van der Waals surface area contributed by atoms with E-state index >= 15 is 0 Å². The highest BCUT2D eigenvalue weighted by molar-refractivity contribution is 8.14. The van der Waals surface area contributed by atoms with Crippen LogP contribution in [0.15, 0.2) is 82.8 Å². The molecule has 0 unspecified atom stereocenters. The van der Waals surface area contributed by atoms with Crippen molar-refractivity contribution in [1.29, 1.82) is 0 Å². The third kappa shape index (κ3) is 5.50. The maximum Gasteiger partial charge on any atom is 0.252 e. The number of nitrogens with zero attached hydrogens (tertiary/aromatic N) is 1. The van der Waals surface area contributed by atoms with E-state index in [1.54, 1.807) is 48.5 Å². The van der Waals surface area contributed by atoms with Crippen LogP contribution in [-0.4, -0.2) is 24.4 Å². The Morgan fingerprint density at radius 2 is 1.62 bits per heavy atom. The number of nitrogens with two attached hydrogens (primary N) is 1. The van der Waals surface area contributed by atoms with Gasteiger partial charge in [0.15, 0.2) is 0 Å². The highest BCUT2D eigenvalue weighted by Crippen LogP contribution is 2.26. The zero-order valence-electron chi connectivity index (χ0n) is 15.1. The lowest BCUT2D eigenvalue weighted by Crippen LogP contribution is -2.23. The van der Waals surface area contributed by atoms with Crippen molar-refractivity contribution in [3.8, 4) is 0 Å². The number of nitrogens with one attached hydrogen (secondary N) is 1. The average Bonchev–Trinajstić information content (AvgIpc) is 2.72. The third-order valence-electron chi connectivity index (χ3n) is 3.96. The molecule has 0 aliphatic rings. The maximum absolute atomic E-state index is 12.6. The SMILES string of the molecule is NS(=O)(=O)c1ccc(CNC(=O)c2ccccc2SC(=O)c2ccncc2)cc1. The van der Waals surface area contributed by atoms with Gasteiger partial charge in [-0.1, -0.05) is 24.3 Å². The fourth-order valence-corrected chi connectivity index (χ4v) is 3.85. The summed E-state index contributed by atoms with van der Waals surface area (Å²) < 4.78 is 22.6. The van der Waals surface area contributed by atoms with E-state index in [0.29, 0.717) is 21.6 Å². The molecular weight excluding hydrogens is 410 g/mol. The molecule has 0 saturated carbocycles. The molecule has 0 aliphatic heterocycles. The van der Waals surface area contributed by atoms with Crippen molar-refractivity contribution < 1.29 is 18.0 Å². The molecule has 148 valence electrons. The van der Waals surface area contributed by atoms with Crippen molar-refractivity contribution in [3.63, 3.8) is 0 Å². The van der Waals surface area contributed by atoms with E-state index in [1.807, 2.05) is 0 Å². The summed E-state index contributed by atoms with van der Waals surface area (Å²) in [6, 6.07) is 16.0. The lowest BCUT2D eigenvalue weighted by molar-refractivity contribution is 0.0948. The maximum atomic E-state index is 12.6. The fourth-order valence-electron chi connectivity index (χ4n) is 2.46. The number of primary sulfonamides is 1. The van der Waals surface area contributed by atoms with Gasteiger partial charge in [0, 0.05) is 29.4 Å². The molecule has 0 bridgehead atoms. The van der Waals surface area contributed by atoms with E-state index in [4.69, 9.17) is 5.14 Å². The molecule has 0 atom stereocenters. The van der Waals surface area contributed by atoms with Crippen molar-refractivity contribution in [1.82, 2.24) is 10.3 Å². The Labute approximate surface area is 172 Å². The van der Waals surface area contributed by atoms with Gasteiger partial charge in [0.1, 0.15) is 0 Å². The van der Waals surface area contributed by atoms with Crippen LogP contribution >= 0.6 is 11.8 Å². The Morgan fingerprint density at radius 1 is 0.966 bits per heavy atom. The summed E-state index contributed by atoms with van der Waals surface area (Å²) in [4.78, 5) is 29.5. The lowest BCUT2D eigenvalue weighted by atomic mass is 10.2. The molecule has 1 heterocycles. The molecule has 0 aliphatic carbocycles. The van der Waals surface area contributed by atoms with Gasteiger partial charge in [-0.3, -0.25) is 14.6 Å². The van der Waals surface area contributed by atoms with Gasteiger partial charge in [0.25, 0.3) is 5.91 Å². The van der Waals surface area contributed by atoms with Crippen LogP contribution in [0, 0.1) is 0 Å². The monoisotopic (exact) mass is 427 g/mol. The van der Waals surface area contributed by atoms with Crippen LogP contribution < -0.4 is 10.5 Å². The van der Waals surface area contributed by atoms with Crippen LogP contribution in [0.25, 0.3) is 0 Å². The number of hydrogen-bond donors (Lipinski definition) is 2. The molecule has 2 aromatic carbocycles. The molecule has 7 nitrogen and oxygen atoms in total. The first-order valence-electron chi connectivity index (χ1n) is 8.46. The van der Waals surface area contributed by atoms with Crippen molar-refractivity contribution in [2.24, 2.45) is 5.14 Å². The molecule has 0 fully saturated rings. The van der Waals surface area contributed by atoms with Gasteiger partial charge >= 0.3 is 0 Å². The second kappa shape index (κ2) is 8.99. The third-order valence-corrected chi connectivity index (χ3v) is 5.88. The molecule has 0 saturated heterocycles. The van der Waals surface area contributed by atoms with Crippen LogP contribution in [0.5, 0.6) is 0 Å². The van der Waals surface area contributed by atoms with Crippen molar-refractivity contribution >= 4 is 32.8 Å². The van der Waals surface area contributed by atoms with Gasteiger partial charge in [0.05, 0.1) is 10.5 Å². The van der Waals surface area contributed by atoms with Gasteiger partial charge in [-0.05, 0) is 53.7 Å². The molecule has 29 heavy (non-hydrogen) atoms. The number of thioether (sulfide) groups is 1. The molecule has 1 amide bonds. The van der Waals surface area contributed by atoms with Gasteiger partial charge in [0.2, 0.25) is 15.1 Å². The summed E-state index contributed by atoms with van der Waals surface area (Å²) >= 11 is 0.970. The summed E-state index contributed by atoms with van der Waals surface area (Å²) in [5.41, 5.74) is 1.58. The molecule has 0 spiro atoms. The second-order valence-electron chi connectivity index (χ2n) is 5.99. The Balaban J connectivity index is 1.69. The predicted molar refractivity (Wildman–Crippen MR) is 110 cm³/mol. The smallest absolute Gasteiger partial charge is 0.252 e. The first-order chi connectivity index (χ1) is 13.8. The van der Waals surface area contributed by atoms with E-state index in [0.717, 1.165) is 11.8 Å². The Morgan fingerprint density at radius 3 is 2.28 bits per heavy atom. The van der Waals surface area contributed by atoms with E-state index in [2.05, 4.69) is 10.3 Å². The first-order valence-corrected chi connectivity index (χ1v) is 10.8. The summed E-state index contributed by atoms with van der Waals surface area (Å²) in [5, 5.41) is 7.66. The zero-order chi connectivity index (χ0) is 20.9. The number of carbonyl (C=O) groups excluding carboxylic acids is 2. The molecule has 0 radical (unpaired) electrons. The molecule has 3 rings (SSSR count). The number of rotatable bonds is 6. The minimum Gasteiger partial charge on any atom is -0.348 e. The normalized spacial score (nSPS) is 11.1. The predicted octanol–water partition coefficient (Wildman–Crippen LogP) is 2.59. The number of hydrogen-bond acceptors (Lipinski definition) is 6. The topological polar surface area (TPSA) is 119 Å². The van der Waals surface area contributed by atoms with E-state index in [-0.39, 0.29) is 22.5 Å². The Hall–Kier alpha value is -3.01. The number of pyridine rings is 1. The largest absolute Gasteiger partial charge is 0.348 e. The van der Waals surface area contributed by atoms with Crippen molar-refractivity contribution in [2.75, 3.05) is 0 Å². The second-order valence-corrected chi connectivity index (χ2v) is 8.57. The van der Waals surface area contributed by atoms with Crippen LogP contribution in [0.2, 0.25) is 0 Å². The van der Waals surface area contributed by atoms with Crippen molar-refractivity contribution in [2.45, 2.75) is 16.3 Å². The van der Waals surface area contributed by atoms with Gasteiger partial charge in [-0.15, -0.1) is 0 Å². The molecule has 3 aromatic rings. The minimum atomic E-state index is -3.76.